The summed E-state index contributed by atoms with van der Waals surface area (Å²) in [4.78, 5) is 22.3. The van der Waals surface area contributed by atoms with E-state index in [1.807, 2.05) is 0 Å². The SMILES string of the molecule is CC/C=C\C/C=C\C/C=C\C/C=C\C/C=C\CCCCCCOCC(COP(=O)(O)OCCN)OC(=O)CCCCCCCCCCC. The number of phosphoric ester groups is 1. The van der Waals surface area contributed by atoms with Gasteiger partial charge in [0, 0.05) is 19.6 Å². The number of ether oxygens (including phenoxy) is 2. The Bertz CT molecular complexity index is 916. The number of hydrogen-bond acceptors (Lipinski definition) is 7. The lowest BCUT2D eigenvalue weighted by Crippen LogP contribution is -2.28. The summed E-state index contributed by atoms with van der Waals surface area (Å²) < 4.78 is 33.2. The maximum atomic E-state index is 12.5. The second-order valence-corrected chi connectivity index (χ2v) is 13.5. The van der Waals surface area contributed by atoms with Crippen molar-refractivity contribution in [1.29, 1.82) is 0 Å². The fourth-order valence-electron chi connectivity index (χ4n) is 4.73. The monoisotopic (exact) mass is 695 g/mol. The predicted octanol–water partition coefficient (Wildman–Crippen LogP) is 10.6. The van der Waals surface area contributed by atoms with E-state index in [4.69, 9.17) is 24.3 Å². The molecule has 0 bridgehead atoms. The zero-order chi connectivity index (χ0) is 35.2. The number of esters is 1. The minimum Gasteiger partial charge on any atom is -0.457 e. The highest BCUT2D eigenvalue weighted by atomic mass is 31.2. The molecule has 0 aliphatic rings. The largest absolute Gasteiger partial charge is 0.472 e. The molecule has 48 heavy (non-hydrogen) atoms. The zero-order valence-corrected chi connectivity index (χ0v) is 31.3. The van der Waals surface area contributed by atoms with Gasteiger partial charge in [-0.1, -0.05) is 139 Å². The number of phosphoric acid groups is 1. The van der Waals surface area contributed by atoms with Crippen LogP contribution in [0.5, 0.6) is 0 Å². The molecule has 0 fully saturated rings. The molecule has 0 saturated carbocycles. The molecule has 0 aliphatic carbocycles. The molecule has 278 valence electrons. The van der Waals surface area contributed by atoms with Crippen molar-refractivity contribution in [3.63, 3.8) is 0 Å². The number of allylic oxidation sites excluding steroid dienone is 10. The Hall–Kier alpha value is -1.80. The summed E-state index contributed by atoms with van der Waals surface area (Å²) in [5, 5.41) is 0. The maximum absolute atomic E-state index is 12.5. The van der Waals surface area contributed by atoms with E-state index >= 15 is 0 Å². The molecule has 0 aromatic heterocycles. The summed E-state index contributed by atoms with van der Waals surface area (Å²) in [5.41, 5.74) is 5.34. The Morgan fingerprint density at radius 3 is 1.75 bits per heavy atom. The molecule has 0 heterocycles. The van der Waals surface area contributed by atoms with Crippen molar-refractivity contribution in [2.75, 3.05) is 33.0 Å². The van der Waals surface area contributed by atoms with E-state index in [1.165, 1.54) is 38.5 Å². The van der Waals surface area contributed by atoms with Gasteiger partial charge in [0.05, 0.1) is 19.8 Å². The number of nitrogens with two attached hydrogens (primary N) is 1. The van der Waals surface area contributed by atoms with Crippen molar-refractivity contribution in [1.82, 2.24) is 0 Å². The molecule has 0 amide bonds. The standard InChI is InChI=1S/C39H70NO7P/c1-3-5-7-9-11-13-14-15-16-17-18-19-20-21-22-23-25-27-29-31-34-44-36-38(37-46-48(42,43)45-35-33-40)47-39(41)32-30-28-26-24-12-10-8-6-4-2/h5,7,11,13,15-16,18-19,21-22,38H,3-4,6,8-10,12,14,17,20,23-37,40H2,1-2H3,(H,42,43)/b7-5-,13-11-,16-15-,19-18-,22-21-. The minimum atomic E-state index is -4.28. The smallest absolute Gasteiger partial charge is 0.457 e. The van der Waals surface area contributed by atoms with Gasteiger partial charge in [-0.2, -0.15) is 0 Å². The summed E-state index contributed by atoms with van der Waals surface area (Å²) in [6.45, 7) is 4.70. The number of carbonyl (C=O) groups is 1. The summed E-state index contributed by atoms with van der Waals surface area (Å²) >= 11 is 0. The van der Waals surface area contributed by atoms with Crippen LogP contribution in [-0.4, -0.2) is 49.9 Å². The third-order valence-electron chi connectivity index (χ3n) is 7.45. The number of unbranched alkanes of at least 4 members (excludes halogenated alkanes) is 12. The third-order valence-corrected chi connectivity index (χ3v) is 8.43. The van der Waals surface area contributed by atoms with Crippen molar-refractivity contribution in [2.45, 2.75) is 148 Å². The van der Waals surface area contributed by atoms with Gasteiger partial charge < -0.3 is 20.1 Å². The van der Waals surface area contributed by atoms with E-state index in [2.05, 4.69) is 74.6 Å². The predicted molar refractivity (Wildman–Crippen MR) is 201 cm³/mol. The lowest BCUT2D eigenvalue weighted by Gasteiger charge is -2.20. The Balaban J connectivity index is 4.11. The van der Waals surface area contributed by atoms with Crippen LogP contribution in [0, 0.1) is 0 Å². The molecule has 2 atom stereocenters. The Kier molecular flexibility index (Phi) is 35.1. The minimum absolute atomic E-state index is 0.0937. The Morgan fingerprint density at radius 1 is 0.646 bits per heavy atom. The Labute approximate surface area is 293 Å². The summed E-state index contributed by atoms with van der Waals surface area (Å²) in [6.07, 6.45) is 42.4. The third kappa shape index (κ3) is 35.5. The van der Waals surface area contributed by atoms with Crippen molar-refractivity contribution < 1.29 is 32.8 Å². The number of hydrogen-bond donors (Lipinski definition) is 2. The molecular formula is C39H70NO7P. The first-order valence-corrected chi connectivity index (χ1v) is 20.3. The summed E-state index contributed by atoms with van der Waals surface area (Å²) in [6, 6.07) is 0. The molecule has 0 aromatic rings. The van der Waals surface area contributed by atoms with Crippen molar-refractivity contribution in [3.05, 3.63) is 60.8 Å². The van der Waals surface area contributed by atoms with E-state index in [-0.39, 0.29) is 32.3 Å². The van der Waals surface area contributed by atoms with Crippen molar-refractivity contribution in [3.8, 4) is 0 Å². The molecule has 0 saturated heterocycles. The second kappa shape index (κ2) is 36.5. The van der Waals surface area contributed by atoms with Gasteiger partial charge in [0.1, 0.15) is 6.10 Å². The van der Waals surface area contributed by atoms with Crippen LogP contribution >= 0.6 is 7.82 Å². The topological polar surface area (TPSA) is 117 Å². The average molecular weight is 696 g/mol. The summed E-state index contributed by atoms with van der Waals surface area (Å²) in [5.74, 6) is -0.346. The van der Waals surface area contributed by atoms with Gasteiger partial charge >= 0.3 is 13.8 Å². The van der Waals surface area contributed by atoms with Crippen molar-refractivity contribution in [2.24, 2.45) is 5.73 Å². The van der Waals surface area contributed by atoms with Crippen molar-refractivity contribution >= 4 is 13.8 Å². The lowest BCUT2D eigenvalue weighted by atomic mass is 10.1. The first-order valence-electron chi connectivity index (χ1n) is 18.8. The van der Waals surface area contributed by atoms with Crippen LogP contribution in [-0.2, 0) is 27.9 Å². The fourth-order valence-corrected chi connectivity index (χ4v) is 5.49. The van der Waals surface area contributed by atoms with Crippen LogP contribution in [0.1, 0.15) is 142 Å². The van der Waals surface area contributed by atoms with E-state index in [1.54, 1.807) is 0 Å². The number of rotatable bonds is 35. The fraction of sp³-hybridized carbons (Fsp3) is 0.718. The first-order chi connectivity index (χ1) is 23.4. The normalized spacial score (nSPS) is 14.3. The molecule has 0 aromatic carbocycles. The van der Waals surface area contributed by atoms with Crippen LogP contribution in [0.25, 0.3) is 0 Å². The number of carbonyl (C=O) groups excluding carboxylic acids is 1. The van der Waals surface area contributed by atoms with Gasteiger partial charge in [0.15, 0.2) is 0 Å². The average Bonchev–Trinajstić information content (AvgIpc) is 3.07. The second-order valence-electron chi connectivity index (χ2n) is 12.1. The highest BCUT2D eigenvalue weighted by molar-refractivity contribution is 7.47. The van der Waals surface area contributed by atoms with Crippen LogP contribution in [0.3, 0.4) is 0 Å². The molecule has 8 nitrogen and oxygen atoms in total. The van der Waals surface area contributed by atoms with Gasteiger partial charge in [-0.05, 0) is 57.8 Å². The molecule has 0 spiro atoms. The molecule has 9 heteroatoms. The van der Waals surface area contributed by atoms with Crippen LogP contribution in [0.15, 0.2) is 60.8 Å². The van der Waals surface area contributed by atoms with Crippen LogP contribution in [0.4, 0.5) is 0 Å². The molecule has 0 aliphatic heterocycles. The molecule has 0 radical (unpaired) electrons. The van der Waals surface area contributed by atoms with Gasteiger partial charge in [0.2, 0.25) is 0 Å². The van der Waals surface area contributed by atoms with E-state index in [0.29, 0.717) is 13.0 Å². The molecule has 0 rings (SSSR count). The summed E-state index contributed by atoms with van der Waals surface area (Å²) in [7, 11) is -4.28. The van der Waals surface area contributed by atoms with E-state index < -0.39 is 13.9 Å². The highest BCUT2D eigenvalue weighted by Gasteiger charge is 2.25. The first kappa shape index (κ1) is 46.2. The maximum Gasteiger partial charge on any atom is 0.472 e. The van der Waals surface area contributed by atoms with E-state index in [0.717, 1.165) is 83.5 Å². The quantitative estimate of drug-likeness (QED) is 0.0291. The zero-order valence-electron chi connectivity index (χ0n) is 30.4. The Morgan fingerprint density at radius 2 is 1.17 bits per heavy atom. The van der Waals surface area contributed by atoms with Gasteiger partial charge in [-0.25, -0.2) is 4.57 Å². The van der Waals surface area contributed by atoms with Gasteiger partial charge in [-0.3, -0.25) is 13.8 Å². The lowest BCUT2D eigenvalue weighted by molar-refractivity contribution is -0.154. The molecule has 2 unspecified atom stereocenters. The molecular weight excluding hydrogens is 625 g/mol. The molecule has 3 N–H and O–H groups in total. The highest BCUT2D eigenvalue weighted by Crippen LogP contribution is 2.43. The van der Waals surface area contributed by atoms with Gasteiger partial charge in [-0.15, -0.1) is 0 Å². The van der Waals surface area contributed by atoms with E-state index in [9.17, 15) is 14.3 Å². The van der Waals surface area contributed by atoms with Crippen LogP contribution < -0.4 is 5.73 Å². The van der Waals surface area contributed by atoms with Gasteiger partial charge in [0.25, 0.3) is 0 Å². The van der Waals surface area contributed by atoms with Crippen LogP contribution in [0.2, 0.25) is 0 Å².